The van der Waals surface area contributed by atoms with Crippen molar-refractivity contribution in [2.75, 3.05) is 0 Å². The molecule has 0 fully saturated rings. The van der Waals surface area contributed by atoms with Crippen LogP contribution in [0.4, 0.5) is 0 Å². The molecule has 2 aromatic heterocycles. The molecule has 3 heteroatoms. The lowest BCUT2D eigenvalue weighted by Crippen LogP contribution is -1.83. The standard InChI is InChI=1S/C9H13N.C6H6ClN.C2H6/c1-2-3-5-9-6-4-7-10-8-9;1-5-2-3-6(7)8-4-5;1-2/h4,6-8H,2-3,5H2,1H3;2-4H,1H3;1-2H3. The Balaban J connectivity index is 0.000000327. The molecule has 0 unspecified atom stereocenters. The molecule has 0 radical (unpaired) electrons. The molecule has 0 aliphatic rings. The molecule has 0 aliphatic carbocycles. The van der Waals surface area contributed by atoms with Gasteiger partial charge in [-0.25, -0.2) is 4.98 Å². The van der Waals surface area contributed by atoms with Crippen LogP contribution >= 0.6 is 11.6 Å². The molecule has 0 atom stereocenters. The van der Waals surface area contributed by atoms with Crippen molar-refractivity contribution in [2.24, 2.45) is 0 Å². The first-order chi connectivity index (χ1) is 9.72. The van der Waals surface area contributed by atoms with E-state index in [-0.39, 0.29) is 0 Å². The van der Waals surface area contributed by atoms with Crippen LogP contribution in [0.1, 0.15) is 44.7 Å². The summed E-state index contributed by atoms with van der Waals surface area (Å²) in [5, 5.41) is 0.551. The zero-order valence-corrected chi connectivity index (χ0v) is 13.7. The summed E-state index contributed by atoms with van der Waals surface area (Å²) in [4.78, 5) is 7.88. The third-order valence-corrected chi connectivity index (χ3v) is 2.64. The van der Waals surface area contributed by atoms with E-state index in [0.717, 1.165) is 5.56 Å². The van der Waals surface area contributed by atoms with Crippen LogP contribution in [0.3, 0.4) is 0 Å². The summed E-state index contributed by atoms with van der Waals surface area (Å²) >= 11 is 5.50. The molecule has 2 nitrogen and oxygen atoms in total. The molecule has 2 heterocycles. The Bertz CT molecular complexity index is 406. The van der Waals surface area contributed by atoms with Crippen LogP contribution in [0.25, 0.3) is 0 Å². The predicted octanol–water partition coefficient (Wildman–Crippen LogP) is 5.49. The molecule has 110 valence electrons. The molecule has 0 N–H and O–H groups in total. The van der Waals surface area contributed by atoms with E-state index in [1.807, 2.05) is 45.3 Å². The Kier molecular flexibility index (Phi) is 11.7. The van der Waals surface area contributed by atoms with Crippen molar-refractivity contribution in [3.05, 3.63) is 59.1 Å². The van der Waals surface area contributed by atoms with Crippen molar-refractivity contribution in [3.8, 4) is 0 Å². The highest BCUT2D eigenvalue weighted by Gasteiger charge is 1.88. The van der Waals surface area contributed by atoms with Gasteiger partial charge >= 0.3 is 0 Å². The van der Waals surface area contributed by atoms with Crippen molar-refractivity contribution in [1.29, 1.82) is 0 Å². The molecule has 0 aromatic carbocycles. The molecule has 0 amide bonds. The number of rotatable bonds is 3. The lowest BCUT2D eigenvalue weighted by atomic mass is 10.1. The average Bonchev–Trinajstić information content (AvgIpc) is 2.52. The molecule has 0 saturated carbocycles. The van der Waals surface area contributed by atoms with Crippen LogP contribution in [0.2, 0.25) is 5.15 Å². The van der Waals surface area contributed by atoms with E-state index < -0.39 is 0 Å². The number of halogens is 1. The van der Waals surface area contributed by atoms with E-state index in [9.17, 15) is 0 Å². The molecule has 0 saturated heterocycles. The lowest BCUT2D eigenvalue weighted by molar-refractivity contribution is 0.792. The number of aromatic nitrogens is 2. The van der Waals surface area contributed by atoms with Crippen molar-refractivity contribution < 1.29 is 0 Å². The maximum atomic E-state index is 5.50. The summed E-state index contributed by atoms with van der Waals surface area (Å²) < 4.78 is 0. The Morgan fingerprint density at radius 3 is 2.30 bits per heavy atom. The van der Waals surface area contributed by atoms with Gasteiger partial charge in [0.25, 0.3) is 0 Å². The molecular formula is C17H25ClN2. The summed E-state index contributed by atoms with van der Waals surface area (Å²) in [6, 6.07) is 7.82. The molecule has 2 rings (SSSR count). The molecule has 20 heavy (non-hydrogen) atoms. The van der Waals surface area contributed by atoms with Crippen molar-refractivity contribution >= 4 is 11.6 Å². The highest BCUT2D eigenvalue weighted by molar-refractivity contribution is 6.29. The van der Waals surface area contributed by atoms with Gasteiger partial charge in [-0.2, -0.15) is 0 Å². The summed E-state index contributed by atoms with van der Waals surface area (Å²) in [7, 11) is 0. The Labute approximate surface area is 128 Å². The number of hydrogen-bond donors (Lipinski definition) is 0. The van der Waals surface area contributed by atoms with Gasteiger partial charge < -0.3 is 0 Å². The normalized spacial score (nSPS) is 8.85. The maximum Gasteiger partial charge on any atom is 0.129 e. The third kappa shape index (κ3) is 9.51. The summed E-state index contributed by atoms with van der Waals surface area (Å²) in [5.41, 5.74) is 2.48. The van der Waals surface area contributed by atoms with E-state index in [0.29, 0.717) is 5.15 Å². The lowest BCUT2D eigenvalue weighted by Gasteiger charge is -1.95. The Morgan fingerprint density at radius 1 is 1.10 bits per heavy atom. The largest absolute Gasteiger partial charge is 0.264 e. The van der Waals surface area contributed by atoms with Gasteiger partial charge in [0.15, 0.2) is 0 Å². The Morgan fingerprint density at radius 2 is 1.85 bits per heavy atom. The van der Waals surface area contributed by atoms with E-state index in [4.69, 9.17) is 11.6 Å². The first-order valence-electron chi connectivity index (χ1n) is 7.19. The highest BCUT2D eigenvalue weighted by atomic mass is 35.5. The van der Waals surface area contributed by atoms with Gasteiger partial charge in [0.2, 0.25) is 0 Å². The minimum Gasteiger partial charge on any atom is -0.264 e. The second-order valence-corrected chi connectivity index (χ2v) is 4.51. The van der Waals surface area contributed by atoms with Crippen LogP contribution in [0.15, 0.2) is 42.9 Å². The zero-order chi connectivity index (χ0) is 15.2. The van der Waals surface area contributed by atoms with Crippen LogP contribution in [0.5, 0.6) is 0 Å². The van der Waals surface area contributed by atoms with Crippen LogP contribution in [-0.2, 0) is 6.42 Å². The molecule has 2 aromatic rings. The molecule has 0 spiro atoms. The topological polar surface area (TPSA) is 25.8 Å². The number of aryl methyl sites for hydroxylation is 2. The van der Waals surface area contributed by atoms with Gasteiger partial charge in [-0.3, -0.25) is 4.98 Å². The first-order valence-corrected chi connectivity index (χ1v) is 7.57. The highest BCUT2D eigenvalue weighted by Crippen LogP contribution is 2.03. The average molecular weight is 293 g/mol. The summed E-state index contributed by atoms with van der Waals surface area (Å²) in [5.74, 6) is 0. The quantitative estimate of drug-likeness (QED) is 0.699. The van der Waals surface area contributed by atoms with Gasteiger partial charge in [-0.15, -0.1) is 0 Å². The maximum absolute atomic E-state index is 5.50. The first kappa shape index (κ1) is 18.6. The summed E-state index contributed by atoms with van der Waals surface area (Å²) in [6.45, 7) is 8.18. The van der Waals surface area contributed by atoms with Crippen molar-refractivity contribution in [3.63, 3.8) is 0 Å². The third-order valence-electron chi connectivity index (χ3n) is 2.42. The predicted molar refractivity (Wildman–Crippen MR) is 88.2 cm³/mol. The molecule has 0 aliphatic heterocycles. The number of pyridine rings is 2. The molecular weight excluding hydrogens is 268 g/mol. The number of nitrogens with zero attached hydrogens (tertiary/aromatic N) is 2. The van der Waals surface area contributed by atoms with Gasteiger partial charge in [0.05, 0.1) is 0 Å². The SMILES string of the molecule is CC.CCCCc1cccnc1.Cc1ccc(Cl)nc1. The van der Waals surface area contributed by atoms with Crippen LogP contribution in [0, 0.1) is 6.92 Å². The summed E-state index contributed by atoms with van der Waals surface area (Å²) in [6.07, 6.45) is 9.19. The fourth-order valence-electron chi connectivity index (χ4n) is 1.38. The molecule has 0 bridgehead atoms. The van der Waals surface area contributed by atoms with Gasteiger partial charge in [0, 0.05) is 18.6 Å². The van der Waals surface area contributed by atoms with E-state index >= 15 is 0 Å². The van der Waals surface area contributed by atoms with Crippen LogP contribution in [-0.4, -0.2) is 9.97 Å². The Hall–Kier alpha value is -1.41. The number of unbranched alkanes of at least 4 members (excludes halogenated alkanes) is 1. The minimum atomic E-state index is 0.551. The van der Waals surface area contributed by atoms with Gasteiger partial charge in [0.1, 0.15) is 5.15 Å². The van der Waals surface area contributed by atoms with Crippen LogP contribution < -0.4 is 0 Å². The number of hydrogen-bond acceptors (Lipinski definition) is 2. The van der Waals surface area contributed by atoms with E-state index in [2.05, 4.69) is 23.0 Å². The fraction of sp³-hybridized carbons (Fsp3) is 0.412. The fourth-order valence-corrected chi connectivity index (χ4v) is 1.49. The minimum absolute atomic E-state index is 0.551. The zero-order valence-electron chi connectivity index (χ0n) is 12.9. The smallest absolute Gasteiger partial charge is 0.129 e. The van der Waals surface area contributed by atoms with Crippen molar-refractivity contribution in [2.45, 2.75) is 47.0 Å². The second-order valence-electron chi connectivity index (χ2n) is 4.12. The second kappa shape index (κ2) is 12.6. The van der Waals surface area contributed by atoms with Gasteiger partial charge in [-0.1, -0.05) is 50.9 Å². The van der Waals surface area contributed by atoms with Crippen molar-refractivity contribution in [1.82, 2.24) is 9.97 Å². The monoisotopic (exact) mass is 292 g/mol. The van der Waals surface area contributed by atoms with E-state index in [1.165, 1.54) is 24.8 Å². The van der Waals surface area contributed by atoms with Gasteiger partial charge in [-0.05, 0) is 43.0 Å². The van der Waals surface area contributed by atoms with E-state index in [1.54, 1.807) is 12.3 Å².